The molecule has 0 saturated heterocycles. The number of rotatable bonds is 1. The van der Waals surface area contributed by atoms with Gasteiger partial charge in [-0.05, 0) is 0 Å². The van der Waals surface area contributed by atoms with Crippen LogP contribution in [-0.4, -0.2) is 21.5 Å². The molecule has 2 nitrogen and oxygen atoms in total. The van der Waals surface area contributed by atoms with E-state index in [9.17, 15) is 0 Å². The summed E-state index contributed by atoms with van der Waals surface area (Å²) in [6.45, 7) is 0. The average molecular weight is 81.9 g/mol. The minimum atomic E-state index is 1.05. The van der Waals surface area contributed by atoms with Gasteiger partial charge < -0.3 is 4.81 Å². The second kappa shape index (κ2) is 2.74. The molecule has 0 aromatic carbocycles. The minimum Gasteiger partial charge on any atom is -0.563 e. The summed E-state index contributed by atoms with van der Waals surface area (Å²) >= 11 is 0. The van der Waals surface area contributed by atoms with Crippen molar-refractivity contribution < 1.29 is 4.81 Å². The summed E-state index contributed by atoms with van der Waals surface area (Å²) in [7, 11) is 5.30. The van der Waals surface area contributed by atoms with Crippen molar-refractivity contribution in [1.82, 2.24) is 0 Å². The molecule has 6 heavy (non-hydrogen) atoms. The van der Waals surface area contributed by atoms with Crippen LogP contribution in [0.2, 0.25) is 0 Å². The quantitative estimate of drug-likeness (QED) is 0.372. The van der Waals surface area contributed by atoms with Gasteiger partial charge in [0.05, 0.1) is 0 Å². The molecule has 0 saturated carbocycles. The summed E-state index contributed by atoms with van der Waals surface area (Å²) in [5.74, 6) is 1.91. The van der Waals surface area contributed by atoms with Gasteiger partial charge in [0.25, 0.3) is 0 Å². The third-order valence-electron chi connectivity index (χ3n) is 0.353. The molecule has 2 radical (unpaired) electrons. The summed E-state index contributed by atoms with van der Waals surface area (Å²) in [5, 5.41) is 7.91. The first kappa shape index (κ1) is 5.51. The molecule has 0 amide bonds. The Kier molecular flexibility index (Phi) is 2.52. The number of hydrogen-bond donors (Lipinski definition) is 1. The molecule has 1 N–H and O–H groups in total. The van der Waals surface area contributed by atoms with Crippen LogP contribution in [0.15, 0.2) is 0 Å². The number of hydrogen-bond acceptors (Lipinski definition) is 1. The van der Waals surface area contributed by atoms with Crippen molar-refractivity contribution in [2.24, 2.45) is 0 Å². The van der Waals surface area contributed by atoms with E-state index in [1.165, 1.54) is 7.41 Å². The fourth-order valence-corrected chi connectivity index (χ4v) is 0.129. The zero-order valence-corrected chi connectivity index (χ0v) is 4.02. The molecule has 0 spiro atoms. The molecule has 0 fully saturated rings. The molecule has 0 atom stereocenters. The topological polar surface area (TPSA) is 28.2 Å². The SMILES string of the molecule is C[NH+](C)[B-]C#N. The first-order chi connectivity index (χ1) is 2.77. The molecule has 0 aromatic rings. The number of nitrogens with one attached hydrogen (secondary N) is 1. The maximum Gasteiger partial charge on any atom is 0.124 e. The number of quaternary nitrogens is 1. The van der Waals surface area contributed by atoms with Crippen molar-refractivity contribution in [3.8, 4) is 5.97 Å². The molecule has 0 aliphatic rings. The van der Waals surface area contributed by atoms with Crippen LogP contribution in [0.1, 0.15) is 0 Å². The third-order valence-corrected chi connectivity index (χ3v) is 0.353. The van der Waals surface area contributed by atoms with E-state index in [-0.39, 0.29) is 0 Å². The monoisotopic (exact) mass is 82.1 g/mol. The van der Waals surface area contributed by atoms with E-state index in [0.717, 1.165) is 4.81 Å². The van der Waals surface area contributed by atoms with Gasteiger partial charge in [0.1, 0.15) is 7.41 Å². The van der Waals surface area contributed by atoms with E-state index in [0.29, 0.717) is 0 Å². The molecule has 0 aliphatic carbocycles. The summed E-state index contributed by atoms with van der Waals surface area (Å²) in [5.41, 5.74) is 0. The Hall–Kier alpha value is -0.485. The second-order valence-electron chi connectivity index (χ2n) is 1.35. The van der Waals surface area contributed by atoms with E-state index in [1.807, 2.05) is 20.1 Å². The number of nitriles is 1. The Morgan fingerprint density at radius 2 is 2.17 bits per heavy atom. The Morgan fingerprint density at radius 1 is 1.67 bits per heavy atom. The van der Waals surface area contributed by atoms with Crippen LogP contribution in [0.25, 0.3) is 0 Å². The summed E-state index contributed by atoms with van der Waals surface area (Å²) in [4.78, 5) is 1.05. The lowest BCUT2D eigenvalue weighted by Crippen LogP contribution is -3.07. The zero-order chi connectivity index (χ0) is 4.99. The fraction of sp³-hybridized carbons (Fsp3) is 0.667. The largest absolute Gasteiger partial charge is 0.563 e. The normalized spacial score (nSPS) is 8.33. The van der Waals surface area contributed by atoms with Gasteiger partial charge in [-0.15, -0.1) is 5.97 Å². The maximum absolute atomic E-state index is 7.91. The first-order valence-corrected chi connectivity index (χ1v) is 1.80. The summed E-state index contributed by atoms with van der Waals surface area (Å²) < 4.78 is 0. The van der Waals surface area contributed by atoms with E-state index in [1.54, 1.807) is 0 Å². The Morgan fingerprint density at radius 3 is 2.17 bits per heavy atom. The fourth-order valence-electron chi connectivity index (χ4n) is 0.129. The van der Waals surface area contributed by atoms with Crippen LogP contribution < -0.4 is 4.81 Å². The predicted molar refractivity (Wildman–Crippen MR) is 24.2 cm³/mol. The van der Waals surface area contributed by atoms with E-state index in [2.05, 4.69) is 0 Å². The van der Waals surface area contributed by atoms with Crippen LogP contribution in [0, 0.1) is 11.2 Å². The second-order valence-corrected chi connectivity index (χ2v) is 1.35. The summed E-state index contributed by atoms with van der Waals surface area (Å²) in [6.07, 6.45) is 0. The van der Waals surface area contributed by atoms with Gasteiger partial charge in [-0.3, -0.25) is 0 Å². The summed E-state index contributed by atoms with van der Waals surface area (Å²) in [6, 6.07) is 0. The zero-order valence-electron chi connectivity index (χ0n) is 4.02. The highest BCUT2D eigenvalue weighted by atomic mass is 15.0. The van der Waals surface area contributed by atoms with Crippen LogP contribution in [-0.2, 0) is 0 Å². The molecule has 0 bridgehead atoms. The van der Waals surface area contributed by atoms with Crippen molar-refractivity contribution in [3.63, 3.8) is 0 Å². The standard InChI is InChI=1S/C3H7BN2/c1-6(2)4-3-5/h6H,1-2H3. The van der Waals surface area contributed by atoms with E-state index >= 15 is 0 Å². The molecular formula is C3H7BN2. The minimum absolute atomic E-state index is 1.05. The van der Waals surface area contributed by atoms with Crippen molar-refractivity contribution in [2.75, 3.05) is 14.1 Å². The highest BCUT2D eigenvalue weighted by Crippen LogP contribution is 1.23. The van der Waals surface area contributed by atoms with E-state index < -0.39 is 0 Å². The predicted octanol–water partition coefficient (Wildman–Crippen LogP) is -1.77. The van der Waals surface area contributed by atoms with Crippen molar-refractivity contribution in [3.05, 3.63) is 0 Å². The Labute approximate surface area is 38.6 Å². The molecule has 32 valence electrons. The molecular weight excluding hydrogens is 74.9 g/mol. The third kappa shape index (κ3) is 3.51. The van der Waals surface area contributed by atoms with E-state index in [4.69, 9.17) is 5.26 Å². The molecule has 0 aromatic heterocycles. The van der Waals surface area contributed by atoms with Crippen molar-refractivity contribution in [1.29, 1.82) is 5.26 Å². The lowest BCUT2D eigenvalue weighted by atomic mass is 9.97. The lowest BCUT2D eigenvalue weighted by Gasteiger charge is -2.10. The number of nitrogens with zero attached hydrogens (tertiary/aromatic N) is 1. The van der Waals surface area contributed by atoms with Crippen LogP contribution >= 0.6 is 0 Å². The molecule has 0 unspecified atom stereocenters. The molecule has 0 rings (SSSR count). The van der Waals surface area contributed by atoms with Gasteiger partial charge in [-0.1, -0.05) is 0 Å². The molecule has 0 aliphatic heterocycles. The van der Waals surface area contributed by atoms with Crippen LogP contribution in [0.3, 0.4) is 0 Å². The highest BCUT2D eigenvalue weighted by molar-refractivity contribution is 6.35. The molecule has 3 heteroatoms. The van der Waals surface area contributed by atoms with Gasteiger partial charge in [-0.25, -0.2) is 5.26 Å². The maximum atomic E-state index is 7.91. The average Bonchev–Trinajstić information content (AvgIpc) is 1.35. The smallest absolute Gasteiger partial charge is 0.124 e. The van der Waals surface area contributed by atoms with Crippen LogP contribution in [0.5, 0.6) is 0 Å². The van der Waals surface area contributed by atoms with Crippen LogP contribution in [0.4, 0.5) is 0 Å². The Bertz CT molecular complexity index is 63.7. The Balaban J connectivity index is 2.88. The van der Waals surface area contributed by atoms with Gasteiger partial charge in [0.2, 0.25) is 0 Å². The first-order valence-electron chi connectivity index (χ1n) is 1.80. The lowest BCUT2D eigenvalue weighted by molar-refractivity contribution is -0.733. The van der Waals surface area contributed by atoms with Gasteiger partial charge >= 0.3 is 0 Å². The van der Waals surface area contributed by atoms with Gasteiger partial charge in [0, 0.05) is 14.1 Å². The van der Waals surface area contributed by atoms with Crippen molar-refractivity contribution >= 4 is 7.41 Å². The van der Waals surface area contributed by atoms with Crippen molar-refractivity contribution in [2.45, 2.75) is 0 Å². The molecule has 0 heterocycles. The van der Waals surface area contributed by atoms with Gasteiger partial charge in [0.15, 0.2) is 0 Å². The van der Waals surface area contributed by atoms with Gasteiger partial charge in [-0.2, -0.15) is 0 Å². The highest BCUT2D eigenvalue weighted by Gasteiger charge is 1.69.